The van der Waals surface area contributed by atoms with Crippen LogP contribution in [-0.4, -0.2) is 35.9 Å². The second-order valence-corrected chi connectivity index (χ2v) is 7.63. The Bertz CT molecular complexity index is 612. The number of ether oxygens (including phenoxy) is 2. The van der Waals surface area contributed by atoms with Crippen LogP contribution in [0.2, 0.25) is 0 Å². The van der Waals surface area contributed by atoms with Crippen LogP contribution in [0.3, 0.4) is 0 Å². The third-order valence-corrected chi connectivity index (χ3v) is 4.94. The molecule has 1 aliphatic carbocycles. The van der Waals surface area contributed by atoms with Crippen LogP contribution >= 0.6 is 0 Å². The number of allylic oxidation sites excluding steroid dienone is 2. The molecule has 0 radical (unpaired) electrons. The molecular weight excluding hydrogens is 344 g/mol. The maximum atomic E-state index is 11.9. The monoisotopic (exact) mass is 378 g/mol. The van der Waals surface area contributed by atoms with E-state index in [1.54, 1.807) is 26.0 Å². The summed E-state index contributed by atoms with van der Waals surface area (Å²) in [7, 11) is 0. The maximum absolute atomic E-state index is 11.9. The Morgan fingerprint density at radius 2 is 2.00 bits per heavy atom. The number of aliphatic hydroxyl groups excluding tert-OH is 1. The second-order valence-electron chi connectivity index (χ2n) is 7.63. The smallest absolute Gasteiger partial charge is 0.333 e. The zero-order chi connectivity index (χ0) is 20.6. The van der Waals surface area contributed by atoms with Crippen LogP contribution in [0.25, 0.3) is 0 Å². The fourth-order valence-corrected chi connectivity index (χ4v) is 3.36. The number of rotatable bonds is 5. The van der Waals surface area contributed by atoms with Crippen molar-refractivity contribution >= 4 is 11.9 Å². The van der Waals surface area contributed by atoms with E-state index in [1.807, 2.05) is 20.8 Å². The highest BCUT2D eigenvalue weighted by Gasteiger charge is 2.33. The summed E-state index contributed by atoms with van der Waals surface area (Å²) < 4.78 is 10.9. The summed E-state index contributed by atoms with van der Waals surface area (Å²) >= 11 is 0. The third kappa shape index (κ3) is 7.71. The molecule has 1 aliphatic rings. The Balaban J connectivity index is 3.09. The number of carbonyl (C=O) groups excluding carboxylic acids is 2. The Labute approximate surface area is 163 Å². The molecule has 1 N–H and O–H groups in total. The van der Waals surface area contributed by atoms with Crippen molar-refractivity contribution in [3.63, 3.8) is 0 Å². The van der Waals surface area contributed by atoms with E-state index in [9.17, 15) is 14.7 Å². The van der Waals surface area contributed by atoms with E-state index in [2.05, 4.69) is 6.08 Å². The van der Waals surface area contributed by atoms with Gasteiger partial charge in [0.25, 0.3) is 0 Å². The van der Waals surface area contributed by atoms with Crippen molar-refractivity contribution in [1.82, 2.24) is 0 Å². The molecule has 0 spiro atoms. The summed E-state index contributed by atoms with van der Waals surface area (Å²) in [6, 6.07) is 0. The van der Waals surface area contributed by atoms with Gasteiger partial charge in [-0.05, 0) is 45.1 Å². The SMILES string of the molecule is CC=C(C)C(=O)OCC1=CC(O)C(C(C)C)C(OC(C)=O)CC(C)=CCC1. The van der Waals surface area contributed by atoms with E-state index in [0.717, 1.165) is 17.6 Å². The maximum Gasteiger partial charge on any atom is 0.333 e. The number of hydrogen-bond donors (Lipinski definition) is 1. The minimum atomic E-state index is -0.781. The molecule has 3 unspecified atom stereocenters. The van der Waals surface area contributed by atoms with E-state index in [0.29, 0.717) is 18.4 Å². The van der Waals surface area contributed by atoms with Gasteiger partial charge in [0.05, 0.1) is 6.10 Å². The van der Waals surface area contributed by atoms with Crippen LogP contribution in [0.5, 0.6) is 0 Å². The van der Waals surface area contributed by atoms with Crippen molar-refractivity contribution in [2.75, 3.05) is 6.61 Å². The molecule has 0 heterocycles. The van der Waals surface area contributed by atoms with E-state index in [-0.39, 0.29) is 30.4 Å². The lowest BCUT2D eigenvalue weighted by Gasteiger charge is -2.33. The zero-order valence-corrected chi connectivity index (χ0v) is 17.5. The van der Waals surface area contributed by atoms with Crippen molar-refractivity contribution in [2.24, 2.45) is 11.8 Å². The van der Waals surface area contributed by atoms with Gasteiger partial charge >= 0.3 is 11.9 Å². The lowest BCUT2D eigenvalue weighted by Crippen LogP contribution is -2.38. The van der Waals surface area contributed by atoms with E-state index in [4.69, 9.17) is 9.47 Å². The molecule has 0 bridgehead atoms. The highest BCUT2D eigenvalue weighted by atomic mass is 16.5. The molecule has 5 heteroatoms. The lowest BCUT2D eigenvalue weighted by atomic mass is 9.81. The number of hydrogen-bond acceptors (Lipinski definition) is 5. The Morgan fingerprint density at radius 3 is 2.56 bits per heavy atom. The topological polar surface area (TPSA) is 72.8 Å². The Morgan fingerprint density at radius 1 is 1.33 bits per heavy atom. The van der Waals surface area contributed by atoms with Crippen LogP contribution in [0.4, 0.5) is 0 Å². The van der Waals surface area contributed by atoms with Crippen molar-refractivity contribution in [2.45, 2.75) is 73.0 Å². The predicted molar refractivity (Wildman–Crippen MR) is 106 cm³/mol. The average molecular weight is 379 g/mol. The average Bonchev–Trinajstić information content (AvgIpc) is 2.56. The van der Waals surface area contributed by atoms with Crippen LogP contribution in [0.1, 0.15) is 60.8 Å². The Kier molecular flexibility index (Phi) is 9.50. The molecule has 0 saturated carbocycles. The highest BCUT2D eigenvalue weighted by molar-refractivity contribution is 5.87. The standard InChI is InChI=1S/C22H34O5/c1-7-16(5)22(25)26-13-18-10-8-9-15(4)11-20(27-17(6)23)21(14(2)3)19(24)12-18/h7,9,12,14,19-21,24H,8,10-11,13H2,1-6H3. The third-order valence-electron chi connectivity index (χ3n) is 4.94. The van der Waals surface area contributed by atoms with Gasteiger partial charge in [-0.25, -0.2) is 4.79 Å². The van der Waals surface area contributed by atoms with Crippen molar-refractivity contribution in [3.8, 4) is 0 Å². The van der Waals surface area contributed by atoms with Crippen molar-refractivity contribution in [3.05, 3.63) is 34.9 Å². The predicted octanol–water partition coefficient (Wildman–Crippen LogP) is 4.12. The highest BCUT2D eigenvalue weighted by Crippen LogP contribution is 2.30. The summed E-state index contributed by atoms with van der Waals surface area (Å²) in [6.07, 6.45) is 6.53. The van der Waals surface area contributed by atoms with Crippen LogP contribution < -0.4 is 0 Å². The molecule has 3 atom stereocenters. The van der Waals surface area contributed by atoms with Crippen molar-refractivity contribution in [1.29, 1.82) is 0 Å². The van der Waals surface area contributed by atoms with Crippen LogP contribution in [0, 0.1) is 11.8 Å². The molecule has 152 valence electrons. The van der Waals surface area contributed by atoms with Gasteiger partial charge in [0.1, 0.15) is 12.7 Å². The van der Waals surface area contributed by atoms with Gasteiger partial charge in [-0.15, -0.1) is 0 Å². The van der Waals surface area contributed by atoms with Gasteiger partial charge < -0.3 is 14.6 Å². The summed E-state index contributed by atoms with van der Waals surface area (Å²) in [5.74, 6) is -0.821. The minimum Gasteiger partial charge on any atom is -0.462 e. The molecule has 0 aromatic carbocycles. The molecular formula is C22H34O5. The van der Waals surface area contributed by atoms with E-state index < -0.39 is 12.2 Å². The quantitative estimate of drug-likeness (QED) is 0.443. The first-order chi connectivity index (χ1) is 12.6. The largest absolute Gasteiger partial charge is 0.462 e. The number of esters is 2. The van der Waals surface area contributed by atoms with Gasteiger partial charge in [0.15, 0.2) is 0 Å². The first-order valence-corrected chi connectivity index (χ1v) is 9.66. The minimum absolute atomic E-state index is 0.113. The van der Waals surface area contributed by atoms with Gasteiger partial charge in [-0.1, -0.05) is 37.6 Å². The fourth-order valence-electron chi connectivity index (χ4n) is 3.36. The van der Waals surface area contributed by atoms with Crippen LogP contribution in [-0.2, 0) is 19.1 Å². The number of carbonyl (C=O) groups is 2. The second kappa shape index (κ2) is 11.1. The fraction of sp³-hybridized carbons (Fsp3) is 0.636. The molecule has 1 rings (SSSR count). The van der Waals surface area contributed by atoms with Crippen molar-refractivity contribution < 1.29 is 24.2 Å². The summed E-state index contributed by atoms with van der Waals surface area (Å²) in [5, 5.41) is 10.9. The molecule has 0 amide bonds. The first-order valence-electron chi connectivity index (χ1n) is 9.66. The number of aliphatic hydroxyl groups is 1. The van der Waals surface area contributed by atoms with Crippen LogP contribution in [0.15, 0.2) is 34.9 Å². The summed E-state index contributed by atoms with van der Waals surface area (Å²) in [6.45, 7) is 11.1. The molecule has 0 aromatic heterocycles. The van der Waals surface area contributed by atoms with E-state index >= 15 is 0 Å². The van der Waals surface area contributed by atoms with E-state index in [1.165, 1.54) is 6.92 Å². The van der Waals surface area contributed by atoms with Gasteiger partial charge in [-0.2, -0.15) is 0 Å². The molecule has 0 fully saturated rings. The zero-order valence-electron chi connectivity index (χ0n) is 17.5. The molecule has 0 saturated heterocycles. The summed E-state index contributed by atoms with van der Waals surface area (Å²) in [4.78, 5) is 23.5. The molecule has 0 aliphatic heterocycles. The molecule has 0 aromatic rings. The molecule has 27 heavy (non-hydrogen) atoms. The first kappa shape index (κ1) is 23.2. The van der Waals surface area contributed by atoms with Gasteiger partial charge in [0, 0.05) is 24.8 Å². The van der Waals surface area contributed by atoms with Gasteiger partial charge in [0.2, 0.25) is 0 Å². The Hall–Kier alpha value is -1.88. The molecule has 5 nitrogen and oxygen atoms in total. The van der Waals surface area contributed by atoms with Gasteiger partial charge in [-0.3, -0.25) is 4.79 Å². The summed E-state index contributed by atoms with van der Waals surface area (Å²) in [5.41, 5.74) is 2.56. The normalized spacial score (nSPS) is 24.7. The lowest BCUT2D eigenvalue weighted by molar-refractivity contribution is -0.152.